The van der Waals surface area contributed by atoms with Crippen LogP contribution in [0, 0.1) is 9.93 Å². The van der Waals surface area contributed by atoms with Crippen molar-refractivity contribution in [2.24, 2.45) is 0 Å². The number of hydrogen-bond donors (Lipinski definition) is 3. The van der Waals surface area contributed by atoms with Crippen molar-refractivity contribution in [3.8, 4) is 0 Å². The first-order valence-corrected chi connectivity index (χ1v) is 16.9. The molecular weight excluding hydrogens is 754 g/mol. The molecule has 0 saturated carbocycles. The van der Waals surface area contributed by atoms with E-state index in [2.05, 4.69) is 62.3 Å². The smallest absolute Gasteiger partial charge is 0.790 e. The van der Waals surface area contributed by atoms with Crippen molar-refractivity contribution in [2.75, 3.05) is 12.3 Å². The van der Waals surface area contributed by atoms with Crippen molar-refractivity contribution >= 4 is 62.3 Å². The molecule has 0 aliphatic carbocycles. The van der Waals surface area contributed by atoms with E-state index >= 15 is 0 Å². The zero-order valence-electron chi connectivity index (χ0n) is 25.4. The Hall–Kier alpha value is -3.21. The zero-order valence-corrected chi connectivity index (χ0v) is 27.2. The van der Waals surface area contributed by atoms with Crippen LogP contribution in [0.1, 0.15) is 9.08 Å². The number of aliphatic hydroxyl groups excluding tert-OH is 2. The van der Waals surface area contributed by atoms with Gasteiger partial charge in [-0.2, -0.15) is 0 Å². The predicted octanol–water partition coefficient (Wildman–Crippen LogP) is -1.08. The van der Waals surface area contributed by atoms with Gasteiger partial charge in [-0.1, -0.05) is 24.3 Å². The third kappa shape index (κ3) is 9.48. The Morgan fingerprint density at radius 3 is 1.98 bits per heavy atom. The summed E-state index contributed by atoms with van der Waals surface area (Å²) in [5.74, 6) is 0.0195. The van der Waals surface area contributed by atoms with E-state index in [0.717, 1.165) is 34.5 Å². The van der Waals surface area contributed by atoms with Crippen LogP contribution in [-0.2, 0) is 48.4 Å². The third-order valence-corrected chi connectivity index (χ3v) is 9.81. The molecule has 22 nitrogen and oxygen atoms in total. The average molecular weight is 776 g/mol. The van der Waals surface area contributed by atoms with Crippen molar-refractivity contribution in [3.05, 3.63) is 71.4 Å². The molecule has 0 amide bonds. The summed E-state index contributed by atoms with van der Waals surface area (Å²) < 4.78 is 50.2. The van der Waals surface area contributed by atoms with Crippen LogP contribution < -0.4 is 25.3 Å². The van der Waals surface area contributed by atoms with Gasteiger partial charge in [0.05, 0.1) is 31.8 Å². The number of benzene rings is 1. The van der Waals surface area contributed by atoms with Gasteiger partial charge in [0.15, 0.2) is 17.7 Å². The first-order chi connectivity index (χ1) is 22.1. The number of imidazole rings is 1. The molecule has 0 radical (unpaired) electrons. The molecule has 5 aromatic rings. The number of phosphoric acid groups is 3. The van der Waals surface area contributed by atoms with E-state index in [9.17, 15) is 43.5 Å². The predicted molar refractivity (Wildman–Crippen MR) is 153 cm³/mol. The molecule has 4 N–H and O–H groups in total. The number of anilines is 1. The molecule has 1 fully saturated rings. The summed E-state index contributed by atoms with van der Waals surface area (Å²) in [7, 11) is -18.1. The molecule has 6 rings (SSSR count). The van der Waals surface area contributed by atoms with Gasteiger partial charge < -0.3 is 49.3 Å². The maximum Gasteiger partial charge on any atom is 3.00 e. The van der Waals surface area contributed by atoms with Crippen molar-refractivity contribution in [1.29, 1.82) is 0 Å². The fourth-order valence-electron chi connectivity index (χ4n) is 4.28. The van der Waals surface area contributed by atoms with Crippen molar-refractivity contribution in [2.45, 2.75) is 24.5 Å². The number of ether oxygens (including phenoxy) is 1. The second kappa shape index (κ2) is 16.0. The number of phosphoric ester groups is 1. The summed E-state index contributed by atoms with van der Waals surface area (Å²) in [5, 5.41) is 22.6. The molecule has 1 aromatic carbocycles. The van der Waals surface area contributed by atoms with Crippen molar-refractivity contribution in [1.82, 2.24) is 29.5 Å². The van der Waals surface area contributed by atoms with E-state index in [1.807, 2.05) is 12.1 Å². The zero-order chi connectivity index (χ0) is 34.6. The van der Waals surface area contributed by atoms with E-state index in [4.69, 9.17) is 20.4 Å². The molecule has 26 heteroatoms. The standard InChI is InChI=1S/C12H8N2.C10H16N5O13P3.Co.O2/c1-3-9-5-6-10-4-2-8-14-12(10)11(9)13-7-1;11-8-5-9(13-2-12-8)15(3-14-5)10-7(17)6(16)4(26-10)1-25-30(21,22)28-31(23,24)27-29(18,19)20;;1-2/h1-8H;2-4,6-7,10,16-17H,1H2,(H,21,22)(H,23,24)(H2,11,12,13)(H2,18,19,20);;/q;;+3;/p-2. The first kappa shape index (κ1) is 39.2. The van der Waals surface area contributed by atoms with Gasteiger partial charge in [-0.3, -0.25) is 28.0 Å². The van der Waals surface area contributed by atoms with Crippen LogP contribution in [0.2, 0.25) is 0 Å². The Morgan fingerprint density at radius 2 is 1.42 bits per heavy atom. The Morgan fingerprint density at radius 1 is 0.833 bits per heavy atom. The molecule has 48 heavy (non-hydrogen) atoms. The van der Waals surface area contributed by atoms with Crippen LogP contribution in [0.4, 0.5) is 5.82 Å². The summed E-state index contributed by atoms with van der Waals surface area (Å²) >= 11 is 0. The number of pyridine rings is 2. The third-order valence-electron chi connectivity index (χ3n) is 6.14. The number of nitrogen functional groups attached to an aromatic ring is 1. The van der Waals surface area contributed by atoms with Crippen LogP contribution in [0.15, 0.2) is 61.4 Å². The van der Waals surface area contributed by atoms with Gasteiger partial charge >= 0.3 is 19.6 Å². The van der Waals surface area contributed by atoms with Crippen molar-refractivity contribution in [3.63, 3.8) is 0 Å². The molecule has 6 unspecified atom stereocenters. The number of rotatable bonds is 8. The maximum absolute atomic E-state index is 11.6. The second-order valence-corrected chi connectivity index (χ2v) is 13.4. The Balaban J connectivity index is 0.000000551. The molecule has 6 atom stereocenters. The SMILES string of the molecule is Nc1ncnc2c1ncn2C1OC(COP(=O)([O-])OP(=O)([O-])OP(=O)([O-])[O-])C(O)C1O.O=O.[Co+3].[H+].[H+].c1cnc2c(c1)ccc1cccnc12. The number of fused-ring (bicyclic) bond motifs is 4. The minimum atomic E-state index is -6.14. The molecule has 0 bridgehead atoms. The van der Waals surface area contributed by atoms with Gasteiger partial charge in [-0.15, -0.1) is 0 Å². The number of nitrogens with zero attached hydrogens (tertiary/aromatic N) is 6. The van der Waals surface area contributed by atoms with Gasteiger partial charge in [-0.05, 0) is 12.1 Å². The molecule has 0 spiro atoms. The Kier molecular flexibility index (Phi) is 13.1. The first-order valence-electron chi connectivity index (χ1n) is 12.6. The molecular formula is C22H22CoN7O15P3+. The second-order valence-electron chi connectivity index (χ2n) is 9.15. The summed E-state index contributed by atoms with van der Waals surface area (Å²) in [4.78, 5) is 77.6. The Labute approximate surface area is 280 Å². The van der Waals surface area contributed by atoms with Gasteiger partial charge in [0.1, 0.15) is 30.2 Å². The van der Waals surface area contributed by atoms with E-state index < -0.39 is 54.6 Å². The van der Waals surface area contributed by atoms with Gasteiger partial charge in [0, 0.05) is 33.1 Å². The number of nitrogens with two attached hydrogens (primary N) is 1. The van der Waals surface area contributed by atoms with Gasteiger partial charge in [0.25, 0.3) is 15.6 Å². The number of hydrogen-bond acceptors (Lipinski definition) is 21. The Bertz CT molecular complexity index is 1980. The molecule has 4 aromatic heterocycles. The fraction of sp³-hybridized carbons (Fsp3) is 0.227. The molecule has 258 valence electrons. The van der Waals surface area contributed by atoms with Crippen molar-refractivity contribution < 1.29 is 81.0 Å². The molecule has 5 heterocycles. The van der Waals surface area contributed by atoms with Gasteiger partial charge in [0.2, 0.25) is 0 Å². The van der Waals surface area contributed by atoms with Crippen LogP contribution >= 0.6 is 23.5 Å². The topological polar surface area (TPSA) is 350 Å². The van der Waals surface area contributed by atoms with Crippen LogP contribution in [0.5, 0.6) is 0 Å². The largest absolute Gasteiger partial charge is 3.00 e. The molecule has 1 aliphatic rings. The minimum absolute atomic E-state index is 0. The monoisotopic (exact) mass is 776 g/mol. The van der Waals surface area contributed by atoms with Crippen LogP contribution in [0.25, 0.3) is 33.0 Å². The summed E-state index contributed by atoms with van der Waals surface area (Å²) in [5.41, 5.74) is 7.88. The van der Waals surface area contributed by atoms with E-state index in [1.165, 1.54) is 4.57 Å². The summed E-state index contributed by atoms with van der Waals surface area (Å²) in [6.07, 6.45) is -0.389. The van der Waals surface area contributed by atoms with Crippen LogP contribution in [-0.4, -0.2) is 64.6 Å². The maximum atomic E-state index is 11.6. The van der Waals surface area contributed by atoms with Gasteiger partial charge in [-0.25, -0.2) is 19.3 Å². The normalized spacial score (nSPS) is 21.6. The minimum Gasteiger partial charge on any atom is -0.790 e. The van der Waals surface area contributed by atoms with E-state index in [0.29, 0.717) is 0 Å². The fourth-order valence-corrected chi connectivity index (χ4v) is 7.15. The van der Waals surface area contributed by atoms with Crippen LogP contribution in [0.3, 0.4) is 0 Å². The summed E-state index contributed by atoms with van der Waals surface area (Å²) in [6, 6.07) is 12.1. The molecule has 1 saturated heterocycles. The number of aromatic nitrogens is 6. The summed E-state index contributed by atoms with van der Waals surface area (Å²) in [6.45, 7) is -1.08. The van der Waals surface area contributed by atoms with E-state index in [-0.39, 0.29) is 36.6 Å². The molecule has 1 aliphatic heterocycles. The quantitative estimate of drug-likeness (QED) is 0.124. The number of aliphatic hydroxyl groups is 2. The van der Waals surface area contributed by atoms with E-state index in [1.54, 1.807) is 12.4 Å². The average Bonchev–Trinajstić information content (AvgIpc) is 3.57.